The molecule has 3 rings (SSSR count). The second-order valence-corrected chi connectivity index (χ2v) is 7.70. The number of rotatable bonds is 0. The third-order valence-electron chi connectivity index (χ3n) is 4.41. The highest BCUT2D eigenvalue weighted by molar-refractivity contribution is 7.10. The lowest BCUT2D eigenvalue weighted by atomic mass is 9.73. The number of nitrogens with zero attached hydrogens (tertiary/aromatic N) is 1. The highest BCUT2D eigenvalue weighted by Gasteiger charge is 2.37. The first-order chi connectivity index (χ1) is 8.48. The van der Waals surface area contributed by atoms with Gasteiger partial charge in [-0.05, 0) is 54.4 Å². The molecule has 0 spiro atoms. The molecule has 0 unspecified atom stereocenters. The van der Waals surface area contributed by atoms with Crippen LogP contribution in [0.5, 0.6) is 0 Å². The Morgan fingerprint density at radius 2 is 2.11 bits per heavy atom. The van der Waals surface area contributed by atoms with Crippen molar-refractivity contribution < 1.29 is 0 Å². The third kappa shape index (κ3) is 1.86. The summed E-state index contributed by atoms with van der Waals surface area (Å²) >= 11 is 1.97. The van der Waals surface area contributed by atoms with Crippen molar-refractivity contribution in [3.63, 3.8) is 0 Å². The zero-order valence-electron chi connectivity index (χ0n) is 11.9. The molecular formula is C16H23NS. The Morgan fingerprint density at radius 1 is 1.33 bits per heavy atom. The van der Waals surface area contributed by atoms with Crippen molar-refractivity contribution >= 4 is 16.9 Å². The zero-order chi connectivity index (χ0) is 12.9. The maximum Gasteiger partial charge on any atom is 0.0358 e. The van der Waals surface area contributed by atoms with Gasteiger partial charge in [0.2, 0.25) is 0 Å². The first kappa shape index (κ1) is 12.4. The van der Waals surface area contributed by atoms with E-state index < -0.39 is 0 Å². The second-order valence-electron chi connectivity index (χ2n) is 6.75. The molecule has 0 saturated carbocycles. The Labute approximate surface area is 115 Å². The van der Waals surface area contributed by atoms with Crippen LogP contribution >= 0.6 is 11.3 Å². The van der Waals surface area contributed by atoms with Crippen LogP contribution in [-0.2, 0) is 0 Å². The molecule has 0 N–H and O–H groups in total. The molecule has 2 atom stereocenters. The van der Waals surface area contributed by atoms with Crippen LogP contribution in [0, 0.1) is 5.41 Å². The average molecular weight is 261 g/mol. The van der Waals surface area contributed by atoms with Gasteiger partial charge in [0.15, 0.2) is 0 Å². The Hall–Kier alpha value is -0.600. The minimum Gasteiger partial charge on any atom is -0.299 e. The fraction of sp³-hybridized carbons (Fsp3) is 0.625. The van der Waals surface area contributed by atoms with Crippen molar-refractivity contribution in [2.45, 2.75) is 45.6 Å². The van der Waals surface area contributed by atoms with Crippen molar-refractivity contribution in [3.05, 3.63) is 28.0 Å². The molecule has 18 heavy (non-hydrogen) atoms. The summed E-state index contributed by atoms with van der Waals surface area (Å²) < 4.78 is 0. The van der Waals surface area contributed by atoms with Crippen LogP contribution in [0.1, 0.15) is 50.0 Å². The van der Waals surface area contributed by atoms with Crippen molar-refractivity contribution in [3.8, 4) is 0 Å². The predicted octanol–water partition coefficient (Wildman–Crippen LogP) is 4.37. The van der Waals surface area contributed by atoms with Crippen LogP contribution < -0.4 is 0 Å². The summed E-state index contributed by atoms with van der Waals surface area (Å²) in [7, 11) is 2.28. The molecule has 1 aromatic heterocycles. The van der Waals surface area contributed by atoms with Gasteiger partial charge in [0, 0.05) is 16.8 Å². The first-order valence-electron chi connectivity index (χ1n) is 6.99. The number of likely N-dealkylation sites (tertiary alicyclic amines) is 1. The van der Waals surface area contributed by atoms with Gasteiger partial charge in [0.25, 0.3) is 0 Å². The van der Waals surface area contributed by atoms with Gasteiger partial charge in [-0.15, -0.1) is 11.3 Å². The van der Waals surface area contributed by atoms with E-state index >= 15 is 0 Å². The van der Waals surface area contributed by atoms with Gasteiger partial charge in [0.05, 0.1) is 0 Å². The number of hydrogen-bond donors (Lipinski definition) is 0. The maximum absolute atomic E-state index is 2.55. The summed E-state index contributed by atoms with van der Waals surface area (Å²) in [6, 6.07) is 2.96. The number of allylic oxidation sites excluding steroid dienone is 1. The maximum atomic E-state index is 2.55. The lowest BCUT2D eigenvalue weighted by Gasteiger charge is -2.42. The van der Waals surface area contributed by atoms with Gasteiger partial charge < -0.3 is 0 Å². The fourth-order valence-corrected chi connectivity index (χ4v) is 4.55. The molecule has 1 aromatic rings. The lowest BCUT2D eigenvalue weighted by Crippen LogP contribution is -2.42. The molecule has 0 amide bonds. The van der Waals surface area contributed by atoms with E-state index in [-0.39, 0.29) is 5.41 Å². The van der Waals surface area contributed by atoms with Crippen molar-refractivity contribution in [1.29, 1.82) is 0 Å². The Morgan fingerprint density at radius 3 is 2.83 bits per heavy atom. The molecule has 0 radical (unpaired) electrons. The lowest BCUT2D eigenvalue weighted by molar-refractivity contribution is 0.194. The molecule has 2 heterocycles. The van der Waals surface area contributed by atoms with Crippen LogP contribution in [-0.4, -0.2) is 24.5 Å². The van der Waals surface area contributed by atoms with E-state index in [1.807, 2.05) is 11.3 Å². The predicted molar refractivity (Wildman–Crippen MR) is 80.1 cm³/mol. The molecule has 0 aromatic carbocycles. The number of piperidine rings is 1. The zero-order valence-corrected chi connectivity index (χ0v) is 12.7. The highest BCUT2D eigenvalue weighted by atomic mass is 32.1. The molecule has 1 saturated heterocycles. The Kier molecular flexibility index (Phi) is 2.91. The summed E-state index contributed by atoms with van der Waals surface area (Å²) in [6.45, 7) is 8.26. The largest absolute Gasteiger partial charge is 0.299 e. The normalized spacial score (nSPS) is 28.6. The first-order valence-corrected chi connectivity index (χ1v) is 7.87. The highest BCUT2D eigenvalue weighted by Crippen LogP contribution is 2.48. The number of thiophene rings is 1. The van der Waals surface area contributed by atoms with Crippen molar-refractivity contribution in [1.82, 2.24) is 4.90 Å². The molecule has 1 aliphatic carbocycles. The topological polar surface area (TPSA) is 3.24 Å². The monoisotopic (exact) mass is 261 g/mol. The van der Waals surface area contributed by atoms with E-state index in [0.717, 1.165) is 5.92 Å². The second kappa shape index (κ2) is 4.21. The van der Waals surface area contributed by atoms with E-state index in [4.69, 9.17) is 0 Å². The Balaban J connectivity index is 2.11. The summed E-state index contributed by atoms with van der Waals surface area (Å²) in [5, 5.41) is 2.28. The van der Waals surface area contributed by atoms with Gasteiger partial charge in [-0.1, -0.05) is 26.8 Å². The van der Waals surface area contributed by atoms with Crippen molar-refractivity contribution in [2.75, 3.05) is 13.6 Å². The Bertz CT molecular complexity index is 478. The number of fused-ring (bicyclic) bond motifs is 3. The van der Waals surface area contributed by atoms with Gasteiger partial charge in [-0.2, -0.15) is 0 Å². The number of hydrogen-bond acceptors (Lipinski definition) is 2. The van der Waals surface area contributed by atoms with Crippen LogP contribution in [0.15, 0.2) is 17.5 Å². The molecule has 2 aliphatic rings. The smallest absolute Gasteiger partial charge is 0.0358 e. The van der Waals surface area contributed by atoms with Crippen LogP contribution in [0.2, 0.25) is 0 Å². The average Bonchev–Trinajstić information content (AvgIpc) is 2.76. The van der Waals surface area contributed by atoms with E-state index in [2.05, 4.69) is 50.2 Å². The van der Waals surface area contributed by atoms with Crippen LogP contribution in [0.3, 0.4) is 0 Å². The minimum absolute atomic E-state index is 0.249. The quantitative estimate of drug-likeness (QED) is 0.670. The fourth-order valence-electron chi connectivity index (χ4n) is 3.46. The molecule has 0 bridgehead atoms. The van der Waals surface area contributed by atoms with Gasteiger partial charge >= 0.3 is 0 Å². The van der Waals surface area contributed by atoms with Crippen LogP contribution in [0.25, 0.3) is 5.57 Å². The molecule has 2 heteroatoms. The van der Waals surface area contributed by atoms with E-state index in [9.17, 15) is 0 Å². The molecule has 98 valence electrons. The standard InChI is InChI=1S/C16H23NS/c1-16(2,3)13-10-14-12(6-5-8-17(14)4)15-11(13)7-9-18-15/h7,9-10,12,14H,5-6,8H2,1-4H3/t12-,14-/m0/s1. The van der Waals surface area contributed by atoms with Gasteiger partial charge in [-0.25, -0.2) is 0 Å². The van der Waals surface area contributed by atoms with Crippen LogP contribution in [0.4, 0.5) is 0 Å². The van der Waals surface area contributed by atoms with Crippen molar-refractivity contribution in [2.24, 2.45) is 5.41 Å². The SMILES string of the molecule is CN1CCC[C@@H]2c3sccc3C(C(C)(C)C)=C[C@@H]21. The minimum atomic E-state index is 0.249. The van der Waals surface area contributed by atoms with Gasteiger partial charge in [0.1, 0.15) is 0 Å². The molecule has 1 fully saturated rings. The van der Waals surface area contributed by atoms with E-state index in [0.29, 0.717) is 6.04 Å². The molecule has 1 nitrogen and oxygen atoms in total. The summed E-state index contributed by atoms with van der Waals surface area (Å²) in [6.07, 6.45) is 5.25. The third-order valence-corrected chi connectivity index (χ3v) is 5.46. The van der Waals surface area contributed by atoms with Gasteiger partial charge in [-0.3, -0.25) is 4.90 Å². The van der Waals surface area contributed by atoms with E-state index in [1.54, 1.807) is 10.5 Å². The van der Waals surface area contributed by atoms with E-state index in [1.165, 1.54) is 24.9 Å². The molecule has 1 aliphatic heterocycles. The molecular weight excluding hydrogens is 238 g/mol. The summed E-state index contributed by atoms with van der Waals surface area (Å²) in [4.78, 5) is 4.18. The number of likely N-dealkylation sites (N-methyl/N-ethyl adjacent to an activating group) is 1. The summed E-state index contributed by atoms with van der Waals surface area (Å²) in [5.74, 6) is 0.741. The summed E-state index contributed by atoms with van der Waals surface area (Å²) in [5.41, 5.74) is 3.33.